The number of fused-ring (bicyclic) bond motifs is 2. The Morgan fingerprint density at radius 1 is 1.30 bits per heavy atom. The van der Waals surface area contributed by atoms with Gasteiger partial charge in [0.05, 0.1) is 5.41 Å². The Balaban J connectivity index is 1.57. The molecule has 2 N–H and O–H groups in total. The van der Waals surface area contributed by atoms with Crippen LogP contribution in [0.1, 0.15) is 25.7 Å². The molecular formula is C13H17BrN4OS. The van der Waals surface area contributed by atoms with E-state index < -0.39 is 0 Å². The van der Waals surface area contributed by atoms with Crippen LogP contribution in [0.5, 0.6) is 0 Å². The molecule has 1 amide bonds. The molecule has 2 saturated carbocycles. The number of aromatic nitrogens is 2. The van der Waals surface area contributed by atoms with Crippen molar-refractivity contribution in [2.75, 3.05) is 18.0 Å². The molecule has 2 bridgehead atoms. The van der Waals surface area contributed by atoms with Crippen molar-refractivity contribution in [1.29, 1.82) is 0 Å². The van der Waals surface area contributed by atoms with E-state index in [4.69, 9.17) is 5.73 Å². The first kappa shape index (κ1) is 13.0. The van der Waals surface area contributed by atoms with Gasteiger partial charge in [0.15, 0.2) is 3.92 Å². The highest BCUT2D eigenvalue weighted by Crippen LogP contribution is 2.62. The molecule has 1 saturated heterocycles. The lowest BCUT2D eigenvalue weighted by molar-refractivity contribution is -0.126. The molecule has 2 heterocycles. The molecule has 2 atom stereocenters. The molecular weight excluding hydrogens is 340 g/mol. The number of halogens is 1. The topological polar surface area (TPSA) is 72.1 Å². The first-order valence-electron chi connectivity index (χ1n) is 7.14. The average molecular weight is 357 g/mol. The maximum absolute atomic E-state index is 11.8. The maximum Gasteiger partial charge on any atom is 0.223 e. The highest BCUT2D eigenvalue weighted by molar-refractivity contribution is 9.11. The monoisotopic (exact) mass is 356 g/mol. The van der Waals surface area contributed by atoms with Crippen molar-refractivity contribution in [3.63, 3.8) is 0 Å². The molecule has 1 aromatic heterocycles. The predicted octanol–water partition coefficient (Wildman–Crippen LogP) is 2.03. The van der Waals surface area contributed by atoms with Gasteiger partial charge in [0.25, 0.3) is 0 Å². The maximum atomic E-state index is 11.8. The van der Waals surface area contributed by atoms with E-state index in [1.54, 1.807) is 11.3 Å². The van der Waals surface area contributed by atoms with E-state index in [0.29, 0.717) is 17.8 Å². The standard InChI is InChI=1S/C13H17BrN4OS/c14-11-16-17-12(20-11)18-5-7-1-2-8(6-18)9(7)13(3-4-13)10(15)19/h7-9H,1-6H2,(H2,15,19). The fourth-order valence-electron chi connectivity index (χ4n) is 4.49. The van der Waals surface area contributed by atoms with Crippen molar-refractivity contribution in [2.45, 2.75) is 25.7 Å². The van der Waals surface area contributed by atoms with Gasteiger partial charge >= 0.3 is 0 Å². The van der Waals surface area contributed by atoms with E-state index in [2.05, 4.69) is 31.0 Å². The number of nitrogens with two attached hydrogens (primary N) is 1. The van der Waals surface area contributed by atoms with Gasteiger partial charge in [-0.3, -0.25) is 4.79 Å². The number of anilines is 1. The number of rotatable bonds is 3. The molecule has 108 valence electrons. The van der Waals surface area contributed by atoms with Crippen molar-refractivity contribution < 1.29 is 4.79 Å². The highest BCUT2D eigenvalue weighted by Gasteiger charge is 2.62. The number of carbonyl (C=O) groups is 1. The van der Waals surface area contributed by atoms with Gasteiger partial charge in [0, 0.05) is 13.1 Å². The Morgan fingerprint density at radius 2 is 1.95 bits per heavy atom. The van der Waals surface area contributed by atoms with Gasteiger partial charge in [-0.15, -0.1) is 10.2 Å². The summed E-state index contributed by atoms with van der Waals surface area (Å²) in [4.78, 5) is 14.2. The Morgan fingerprint density at radius 3 is 2.40 bits per heavy atom. The van der Waals surface area contributed by atoms with E-state index in [1.807, 2.05) is 0 Å². The van der Waals surface area contributed by atoms with Crippen LogP contribution in [0.15, 0.2) is 3.92 Å². The lowest BCUT2D eigenvalue weighted by Crippen LogP contribution is -2.48. The molecule has 1 aliphatic heterocycles. The van der Waals surface area contributed by atoms with E-state index in [-0.39, 0.29) is 11.3 Å². The first-order valence-corrected chi connectivity index (χ1v) is 8.75. The summed E-state index contributed by atoms with van der Waals surface area (Å²) in [5.41, 5.74) is 5.52. The van der Waals surface area contributed by atoms with Crippen LogP contribution < -0.4 is 10.6 Å². The summed E-state index contributed by atoms with van der Waals surface area (Å²) >= 11 is 4.96. The Bertz CT molecular complexity index is 544. The van der Waals surface area contributed by atoms with Crippen molar-refractivity contribution >= 4 is 38.3 Å². The van der Waals surface area contributed by atoms with Crippen molar-refractivity contribution in [2.24, 2.45) is 28.9 Å². The van der Waals surface area contributed by atoms with Crippen LogP contribution in [0.25, 0.3) is 0 Å². The average Bonchev–Trinajstić information content (AvgIpc) is 3.05. The summed E-state index contributed by atoms with van der Waals surface area (Å²) in [6.45, 7) is 2.00. The molecule has 2 unspecified atom stereocenters. The third-order valence-electron chi connectivity index (χ3n) is 5.41. The third kappa shape index (κ3) is 1.82. The second kappa shape index (κ2) is 4.40. The molecule has 7 heteroatoms. The van der Waals surface area contributed by atoms with E-state index >= 15 is 0 Å². The highest BCUT2D eigenvalue weighted by atomic mass is 79.9. The summed E-state index contributed by atoms with van der Waals surface area (Å²) in [5, 5.41) is 9.27. The number of primary amides is 1. The van der Waals surface area contributed by atoms with Gasteiger partial charge < -0.3 is 10.6 Å². The molecule has 20 heavy (non-hydrogen) atoms. The number of piperidine rings is 1. The van der Waals surface area contributed by atoms with Crippen LogP contribution in [0.3, 0.4) is 0 Å². The molecule has 4 rings (SSSR count). The smallest absolute Gasteiger partial charge is 0.223 e. The summed E-state index contributed by atoms with van der Waals surface area (Å²) in [7, 11) is 0. The summed E-state index contributed by atoms with van der Waals surface area (Å²) < 4.78 is 0.831. The van der Waals surface area contributed by atoms with Crippen LogP contribution in [0.2, 0.25) is 0 Å². The SMILES string of the molecule is NC(=O)C1(C2C3CCC2CN(c2nnc(Br)s2)C3)CC1. The van der Waals surface area contributed by atoms with Crippen molar-refractivity contribution in [1.82, 2.24) is 10.2 Å². The van der Waals surface area contributed by atoms with Crippen LogP contribution in [-0.2, 0) is 4.79 Å². The van der Waals surface area contributed by atoms with Gasteiger partial charge in [0.1, 0.15) is 0 Å². The molecule has 2 aliphatic carbocycles. The minimum Gasteiger partial charge on any atom is -0.369 e. The van der Waals surface area contributed by atoms with Gasteiger partial charge in [-0.1, -0.05) is 11.3 Å². The van der Waals surface area contributed by atoms with Gasteiger partial charge in [-0.05, 0) is 59.4 Å². The first-order chi connectivity index (χ1) is 9.60. The number of nitrogens with zero attached hydrogens (tertiary/aromatic N) is 3. The normalized spacial score (nSPS) is 34.2. The predicted molar refractivity (Wildman–Crippen MR) is 80.4 cm³/mol. The number of hydrogen-bond acceptors (Lipinski definition) is 5. The second-order valence-electron chi connectivity index (χ2n) is 6.39. The number of carbonyl (C=O) groups excluding carboxylic acids is 1. The molecule has 1 aromatic rings. The van der Waals surface area contributed by atoms with E-state index in [1.165, 1.54) is 12.8 Å². The summed E-state index contributed by atoms with van der Waals surface area (Å²) in [6, 6.07) is 0. The van der Waals surface area contributed by atoms with E-state index in [0.717, 1.165) is 35.0 Å². The molecule has 0 spiro atoms. The quantitative estimate of drug-likeness (QED) is 0.899. The van der Waals surface area contributed by atoms with Crippen LogP contribution in [0.4, 0.5) is 5.13 Å². The minimum atomic E-state index is -0.167. The fraction of sp³-hybridized carbons (Fsp3) is 0.769. The zero-order chi connectivity index (χ0) is 13.9. The van der Waals surface area contributed by atoms with Crippen LogP contribution >= 0.6 is 27.3 Å². The largest absolute Gasteiger partial charge is 0.369 e. The van der Waals surface area contributed by atoms with Crippen LogP contribution in [-0.4, -0.2) is 29.2 Å². The fourth-order valence-corrected chi connectivity index (χ4v) is 5.59. The molecule has 5 nitrogen and oxygen atoms in total. The molecule has 0 aromatic carbocycles. The summed E-state index contributed by atoms with van der Waals surface area (Å²) in [6.07, 6.45) is 4.45. The Kier molecular flexibility index (Phi) is 2.86. The zero-order valence-electron chi connectivity index (χ0n) is 11.1. The number of amides is 1. The van der Waals surface area contributed by atoms with Crippen LogP contribution in [0, 0.1) is 23.2 Å². The minimum absolute atomic E-state index is 0.0634. The Labute approximate surface area is 130 Å². The molecule has 3 fully saturated rings. The van der Waals surface area contributed by atoms with Gasteiger partial charge in [0.2, 0.25) is 11.0 Å². The van der Waals surface area contributed by atoms with Crippen molar-refractivity contribution in [3.8, 4) is 0 Å². The van der Waals surface area contributed by atoms with Crippen molar-refractivity contribution in [3.05, 3.63) is 3.92 Å². The number of hydrogen-bond donors (Lipinski definition) is 1. The third-order valence-corrected chi connectivity index (χ3v) is 6.83. The molecule has 3 aliphatic rings. The lowest BCUT2D eigenvalue weighted by Gasteiger charge is -2.41. The van der Waals surface area contributed by atoms with E-state index in [9.17, 15) is 4.79 Å². The molecule has 0 radical (unpaired) electrons. The zero-order valence-corrected chi connectivity index (χ0v) is 13.5. The van der Waals surface area contributed by atoms with Gasteiger partial charge in [-0.25, -0.2) is 0 Å². The summed E-state index contributed by atoms with van der Waals surface area (Å²) in [5.74, 6) is 1.62. The van der Waals surface area contributed by atoms with Gasteiger partial charge in [-0.2, -0.15) is 0 Å². The second-order valence-corrected chi connectivity index (χ2v) is 8.62. The Hall–Kier alpha value is -0.690. The lowest BCUT2D eigenvalue weighted by atomic mass is 9.73.